The van der Waals surface area contributed by atoms with Gasteiger partial charge < -0.3 is 5.32 Å². The zero-order valence-corrected chi connectivity index (χ0v) is 22.7. The minimum Gasteiger partial charge on any atom is -0.322 e. The van der Waals surface area contributed by atoms with E-state index in [-0.39, 0.29) is 15.4 Å². The predicted octanol–water partition coefficient (Wildman–Crippen LogP) is 5.47. The summed E-state index contributed by atoms with van der Waals surface area (Å²) in [6.45, 7) is 5.37. The first kappa shape index (κ1) is 26.9. The zero-order chi connectivity index (χ0) is 27.5. The molecule has 4 rings (SSSR count). The van der Waals surface area contributed by atoms with Crippen LogP contribution in [0.1, 0.15) is 27.0 Å². The molecule has 4 aromatic carbocycles. The normalized spacial score (nSPS) is 11.6. The summed E-state index contributed by atoms with van der Waals surface area (Å²) in [6.07, 6.45) is 0. The summed E-state index contributed by atoms with van der Waals surface area (Å²) in [5, 5.41) is 2.68. The number of carbonyl (C=O) groups is 1. The van der Waals surface area contributed by atoms with Gasteiger partial charge in [0.05, 0.1) is 9.79 Å². The molecule has 0 aliphatic rings. The van der Waals surface area contributed by atoms with Gasteiger partial charge in [-0.15, -0.1) is 0 Å². The lowest BCUT2D eigenvalue weighted by atomic mass is 10.1. The molecule has 1 amide bonds. The third kappa shape index (κ3) is 6.39. The lowest BCUT2D eigenvalue weighted by Crippen LogP contribution is -2.17. The van der Waals surface area contributed by atoms with Crippen LogP contribution in [0.3, 0.4) is 0 Å². The predicted molar refractivity (Wildman–Crippen MR) is 150 cm³/mol. The molecular formula is C28H27N3O5S2. The van der Waals surface area contributed by atoms with Crippen molar-refractivity contribution < 1.29 is 21.6 Å². The number of hydrogen-bond acceptors (Lipinski definition) is 5. The van der Waals surface area contributed by atoms with E-state index in [1.165, 1.54) is 36.4 Å². The highest BCUT2D eigenvalue weighted by Crippen LogP contribution is 2.23. The number of carbonyl (C=O) groups excluding carboxylic acids is 1. The number of anilines is 3. The molecule has 0 heterocycles. The number of nitrogens with one attached hydrogen (secondary N) is 3. The Hall–Kier alpha value is -4.15. The van der Waals surface area contributed by atoms with Gasteiger partial charge in [-0.3, -0.25) is 14.2 Å². The number of amides is 1. The first-order valence-electron chi connectivity index (χ1n) is 11.6. The van der Waals surface area contributed by atoms with E-state index in [4.69, 9.17) is 0 Å². The maximum Gasteiger partial charge on any atom is 0.262 e. The van der Waals surface area contributed by atoms with Crippen LogP contribution in [0.15, 0.2) is 101 Å². The lowest BCUT2D eigenvalue weighted by Gasteiger charge is -2.13. The number of hydrogen-bond donors (Lipinski definition) is 3. The van der Waals surface area contributed by atoms with Gasteiger partial charge in [-0.05, 0) is 98.1 Å². The van der Waals surface area contributed by atoms with Crippen LogP contribution < -0.4 is 14.8 Å². The number of rotatable bonds is 8. The summed E-state index contributed by atoms with van der Waals surface area (Å²) in [5.41, 5.74) is 3.67. The van der Waals surface area contributed by atoms with Crippen molar-refractivity contribution in [2.45, 2.75) is 30.6 Å². The van der Waals surface area contributed by atoms with Gasteiger partial charge in [0.15, 0.2) is 0 Å². The minimum absolute atomic E-state index is 0.0182. The van der Waals surface area contributed by atoms with Crippen molar-refractivity contribution in [3.05, 3.63) is 113 Å². The van der Waals surface area contributed by atoms with Gasteiger partial charge in [-0.25, -0.2) is 16.8 Å². The molecule has 0 saturated carbocycles. The van der Waals surface area contributed by atoms with E-state index >= 15 is 0 Å². The fourth-order valence-electron chi connectivity index (χ4n) is 3.79. The fourth-order valence-corrected chi connectivity index (χ4v) is 6.16. The Morgan fingerprint density at radius 1 is 0.605 bits per heavy atom. The van der Waals surface area contributed by atoms with Crippen molar-refractivity contribution in [2.24, 2.45) is 0 Å². The summed E-state index contributed by atoms with van der Waals surface area (Å²) < 4.78 is 56.6. The first-order valence-corrected chi connectivity index (χ1v) is 14.6. The molecule has 0 saturated heterocycles. The van der Waals surface area contributed by atoms with Crippen molar-refractivity contribution in [1.82, 2.24) is 0 Å². The quantitative estimate of drug-likeness (QED) is 0.269. The van der Waals surface area contributed by atoms with Crippen molar-refractivity contribution in [3.63, 3.8) is 0 Å². The highest BCUT2D eigenvalue weighted by Gasteiger charge is 2.20. The van der Waals surface area contributed by atoms with Crippen LogP contribution in [0, 0.1) is 20.8 Å². The molecule has 0 aromatic heterocycles. The molecule has 0 radical (unpaired) electrons. The molecule has 0 unspecified atom stereocenters. The molecule has 3 N–H and O–H groups in total. The van der Waals surface area contributed by atoms with Crippen molar-refractivity contribution in [3.8, 4) is 0 Å². The summed E-state index contributed by atoms with van der Waals surface area (Å²) in [6, 6.07) is 24.1. The van der Waals surface area contributed by atoms with E-state index in [0.29, 0.717) is 22.6 Å². The monoisotopic (exact) mass is 549 g/mol. The molecule has 0 atom stereocenters. The largest absolute Gasteiger partial charge is 0.322 e. The summed E-state index contributed by atoms with van der Waals surface area (Å²) in [7, 11) is -7.76. The zero-order valence-electron chi connectivity index (χ0n) is 21.0. The molecule has 196 valence electrons. The summed E-state index contributed by atoms with van der Waals surface area (Å²) >= 11 is 0. The molecule has 10 heteroatoms. The second kappa shape index (κ2) is 10.7. The van der Waals surface area contributed by atoms with Crippen LogP contribution in [-0.4, -0.2) is 22.7 Å². The van der Waals surface area contributed by atoms with E-state index in [1.807, 2.05) is 26.0 Å². The molecule has 8 nitrogen and oxygen atoms in total. The van der Waals surface area contributed by atoms with E-state index < -0.39 is 26.0 Å². The second-order valence-corrected chi connectivity index (χ2v) is 12.2. The molecule has 0 bridgehead atoms. The molecule has 0 aliphatic heterocycles. The topological polar surface area (TPSA) is 121 Å². The number of aryl methyl sites for hydroxylation is 3. The van der Waals surface area contributed by atoms with Gasteiger partial charge in [0.2, 0.25) is 0 Å². The van der Waals surface area contributed by atoms with Crippen LogP contribution in [0.2, 0.25) is 0 Å². The molecule has 38 heavy (non-hydrogen) atoms. The third-order valence-electron chi connectivity index (χ3n) is 5.70. The molecule has 0 fully saturated rings. The van der Waals surface area contributed by atoms with Gasteiger partial charge >= 0.3 is 0 Å². The first-order chi connectivity index (χ1) is 17.9. The standard InChI is InChI=1S/C28H27N3O5S2/c1-19-6-4-8-24(16-19)30-37(33,34)26-14-12-23(13-15-26)29-28(32)22-11-10-21(3)27(18-22)38(35,36)31-25-9-5-7-20(2)17-25/h4-18,30-31H,1-3H3,(H,29,32). The number of sulfonamides is 2. The van der Waals surface area contributed by atoms with E-state index in [0.717, 1.165) is 11.1 Å². The maximum absolute atomic E-state index is 13.0. The van der Waals surface area contributed by atoms with Gasteiger partial charge in [-0.1, -0.05) is 30.3 Å². The second-order valence-electron chi connectivity index (χ2n) is 8.91. The minimum atomic E-state index is -3.94. The van der Waals surface area contributed by atoms with Crippen molar-refractivity contribution >= 4 is 43.0 Å². The fraction of sp³-hybridized carbons (Fsp3) is 0.107. The molecule has 0 spiro atoms. The van der Waals surface area contributed by atoms with Crippen LogP contribution >= 0.6 is 0 Å². The van der Waals surface area contributed by atoms with Crippen LogP contribution in [-0.2, 0) is 20.0 Å². The van der Waals surface area contributed by atoms with Crippen LogP contribution in [0.25, 0.3) is 0 Å². The Bertz CT molecular complexity index is 1720. The SMILES string of the molecule is Cc1cccc(NS(=O)(=O)c2ccc(NC(=O)c3ccc(C)c(S(=O)(=O)Nc4cccc(C)c4)c3)cc2)c1. The van der Waals surface area contributed by atoms with E-state index in [1.54, 1.807) is 49.4 Å². The van der Waals surface area contributed by atoms with Gasteiger partial charge in [-0.2, -0.15) is 0 Å². The van der Waals surface area contributed by atoms with Gasteiger partial charge in [0.1, 0.15) is 0 Å². The Balaban J connectivity index is 1.50. The highest BCUT2D eigenvalue weighted by molar-refractivity contribution is 7.93. The smallest absolute Gasteiger partial charge is 0.262 e. The highest BCUT2D eigenvalue weighted by atomic mass is 32.2. The lowest BCUT2D eigenvalue weighted by molar-refractivity contribution is 0.102. The van der Waals surface area contributed by atoms with E-state index in [9.17, 15) is 21.6 Å². The van der Waals surface area contributed by atoms with Gasteiger partial charge in [0, 0.05) is 22.6 Å². The van der Waals surface area contributed by atoms with Crippen LogP contribution in [0.5, 0.6) is 0 Å². The van der Waals surface area contributed by atoms with Crippen molar-refractivity contribution in [1.29, 1.82) is 0 Å². The Morgan fingerprint density at radius 2 is 1.16 bits per heavy atom. The molecule has 0 aliphatic carbocycles. The Kier molecular flexibility index (Phi) is 7.56. The van der Waals surface area contributed by atoms with Crippen molar-refractivity contribution in [2.75, 3.05) is 14.8 Å². The Labute approximate surface area is 222 Å². The summed E-state index contributed by atoms with van der Waals surface area (Å²) in [5.74, 6) is -0.537. The number of benzene rings is 4. The van der Waals surface area contributed by atoms with E-state index in [2.05, 4.69) is 14.8 Å². The molecule has 4 aromatic rings. The average molecular weight is 550 g/mol. The maximum atomic E-state index is 13.0. The molecular weight excluding hydrogens is 522 g/mol. The van der Waals surface area contributed by atoms with Crippen LogP contribution in [0.4, 0.5) is 17.1 Å². The average Bonchev–Trinajstić information content (AvgIpc) is 2.84. The summed E-state index contributed by atoms with van der Waals surface area (Å²) in [4.78, 5) is 12.9. The third-order valence-corrected chi connectivity index (χ3v) is 8.62. The van der Waals surface area contributed by atoms with Gasteiger partial charge in [0.25, 0.3) is 26.0 Å². The Morgan fingerprint density at radius 3 is 1.71 bits per heavy atom.